The van der Waals surface area contributed by atoms with Crippen molar-refractivity contribution in [3.63, 3.8) is 0 Å². The minimum atomic E-state index is -0.322. The van der Waals surface area contributed by atoms with E-state index >= 15 is 0 Å². The molecule has 3 aromatic heterocycles. The zero-order valence-electron chi connectivity index (χ0n) is 12.1. The lowest BCUT2D eigenvalue weighted by atomic mass is 10.3. The van der Waals surface area contributed by atoms with Crippen LogP contribution in [0.5, 0.6) is 0 Å². The van der Waals surface area contributed by atoms with E-state index in [-0.39, 0.29) is 11.6 Å². The lowest BCUT2D eigenvalue weighted by Gasteiger charge is -2.00. The minimum Gasteiger partial charge on any atom is -0.318 e. The van der Waals surface area contributed by atoms with Gasteiger partial charge in [-0.3, -0.25) is 19.3 Å². The van der Waals surface area contributed by atoms with Crippen LogP contribution in [-0.2, 0) is 13.1 Å². The molecule has 0 spiro atoms. The molecule has 1 amide bonds. The second-order valence-corrected chi connectivity index (χ2v) is 6.37. The Hall–Kier alpha value is -1.94. The fourth-order valence-corrected chi connectivity index (χ4v) is 2.64. The van der Waals surface area contributed by atoms with Gasteiger partial charge in [0.05, 0.1) is 29.1 Å². The summed E-state index contributed by atoms with van der Waals surface area (Å²) in [6.07, 6.45) is 7.13. The molecule has 120 valence electrons. The molecule has 0 aromatic carbocycles. The van der Waals surface area contributed by atoms with Crippen LogP contribution in [-0.4, -0.2) is 35.7 Å². The molecule has 0 aliphatic rings. The largest absolute Gasteiger partial charge is 0.318 e. The van der Waals surface area contributed by atoms with Crippen LogP contribution >= 0.6 is 31.9 Å². The number of halogens is 2. The molecule has 8 nitrogen and oxygen atoms in total. The Morgan fingerprint density at radius 2 is 2.04 bits per heavy atom. The number of hydrogen-bond donors (Lipinski definition) is 2. The summed E-state index contributed by atoms with van der Waals surface area (Å²) in [4.78, 5) is 12.2. The molecule has 0 aliphatic heterocycles. The summed E-state index contributed by atoms with van der Waals surface area (Å²) in [7, 11) is 0. The number of carbonyl (C=O) groups excluding carboxylic acids is 1. The first-order chi connectivity index (χ1) is 11.1. The van der Waals surface area contributed by atoms with Crippen LogP contribution in [0, 0.1) is 0 Å². The first kappa shape index (κ1) is 15.9. The second kappa shape index (κ2) is 6.67. The Morgan fingerprint density at radius 1 is 1.26 bits per heavy atom. The standard InChI is InChI=1S/C13H13Br2N7O/c1-2-21-5-8(3-16-21)6-22-7-9(4-17-22)18-13(23)11-10(14)12(15)20-19-11/h3-5,7H,2,6H2,1H3,(H,18,23)(H,19,20). The zero-order chi connectivity index (χ0) is 16.4. The van der Waals surface area contributed by atoms with E-state index in [0.29, 0.717) is 21.3 Å². The number of rotatable bonds is 5. The summed E-state index contributed by atoms with van der Waals surface area (Å²) in [5, 5.41) is 17.8. The summed E-state index contributed by atoms with van der Waals surface area (Å²) in [6.45, 7) is 3.45. The van der Waals surface area contributed by atoms with Gasteiger partial charge >= 0.3 is 0 Å². The van der Waals surface area contributed by atoms with E-state index in [0.717, 1.165) is 12.1 Å². The van der Waals surface area contributed by atoms with E-state index < -0.39 is 0 Å². The number of nitrogens with one attached hydrogen (secondary N) is 2. The number of aryl methyl sites for hydroxylation is 1. The van der Waals surface area contributed by atoms with E-state index in [2.05, 4.69) is 57.6 Å². The van der Waals surface area contributed by atoms with Gasteiger partial charge in [0.15, 0.2) is 5.69 Å². The third-order valence-electron chi connectivity index (χ3n) is 3.13. The lowest BCUT2D eigenvalue weighted by molar-refractivity contribution is 0.102. The van der Waals surface area contributed by atoms with Crippen LogP contribution < -0.4 is 5.32 Å². The molecule has 3 heterocycles. The van der Waals surface area contributed by atoms with Crippen LogP contribution in [0.3, 0.4) is 0 Å². The van der Waals surface area contributed by atoms with E-state index in [1.165, 1.54) is 0 Å². The van der Waals surface area contributed by atoms with Crippen molar-refractivity contribution in [3.8, 4) is 0 Å². The van der Waals surface area contributed by atoms with Gasteiger partial charge in [-0.15, -0.1) is 0 Å². The molecule has 0 radical (unpaired) electrons. The maximum Gasteiger partial charge on any atom is 0.277 e. The number of H-pyrrole nitrogens is 1. The molecule has 0 aliphatic carbocycles. The molecule has 3 rings (SSSR count). The highest BCUT2D eigenvalue weighted by Gasteiger charge is 2.17. The normalized spacial score (nSPS) is 10.9. The van der Waals surface area contributed by atoms with Crippen molar-refractivity contribution in [1.82, 2.24) is 29.8 Å². The lowest BCUT2D eigenvalue weighted by Crippen LogP contribution is -2.12. The van der Waals surface area contributed by atoms with Crippen LogP contribution in [0.1, 0.15) is 23.0 Å². The van der Waals surface area contributed by atoms with Gasteiger partial charge in [0.25, 0.3) is 5.91 Å². The molecule has 23 heavy (non-hydrogen) atoms. The first-order valence-corrected chi connectivity index (χ1v) is 8.40. The third kappa shape index (κ3) is 3.53. The Kier molecular flexibility index (Phi) is 4.62. The van der Waals surface area contributed by atoms with Crippen LogP contribution in [0.4, 0.5) is 5.69 Å². The van der Waals surface area contributed by atoms with E-state index in [1.54, 1.807) is 17.1 Å². The van der Waals surface area contributed by atoms with Crippen LogP contribution in [0.2, 0.25) is 0 Å². The summed E-state index contributed by atoms with van der Waals surface area (Å²) >= 11 is 6.54. The molecular formula is C13H13Br2N7O. The number of aromatic nitrogens is 6. The van der Waals surface area contributed by atoms with Gasteiger partial charge in [0, 0.05) is 24.5 Å². The molecule has 2 N–H and O–H groups in total. The molecule has 0 saturated carbocycles. The highest BCUT2D eigenvalue weighted by molar-refractivity contribution is 9.13. The summed E-state index contributed by atoms with van der Waals surface area (Å²) in [6, 6.07) is 0. The number of anilines is 1. The SMILES string of the molecule is CCn1cc(Cn2cc(NC(=O)c3n[nH]c(Br)c3Br)cn2)cn1. The number of amides is 1. The number of nitrogens with zero attached hydrogens (tertiary/aromatic N) is 5. The molecule has 10 heteroatoms. The van der Waals surface area contributed by atoms with Gasteiger partial charge in [-0.25, -0.2) is 0 Å². The van der Waals surface area contributed by atoms with Crippen molar-refractivity contribution in [1.29, 1.82) is 0 Å². The highest BCUT2D eigenvalue weighted by Crippen LogP contribution is 2.24. The number of hydrogen-bond acceptors (Lipinski definition) is 4. The highest BCUT2D eigenvalue weighted by atomic mass is 79.9. The fraction of sp³-hybridized carbons (Fsp3) is 0.231. The van der Waals surface area contributed by atoms with Gasteiger partial charge in [0.1, 0.15) is 4.60 Å². The monoisotopic (exact) mass is 441 g/mol. The number of aromatic amines is 1. The number of carbonyl (C=O) groups is 1. The maximum absolute atomic E-state index is 12.2. The Labute approximate surface area is 148 Å². The van der Waals surface area contributed by atoms with E-state index in [1.807, 2.05) is 24.0 Å². The van der Waals surface area contributed by atoms with Crippen molar-refractivity contribution in [3.05, 3.63) is 45.1 Å². The Bertz CT molecular complexity index is 835. The Morgan fingerprint density at radius 3 is 2.70 bits per heavy atom. The van der Waals surface area contributed by atoms with Crippen LogP contribution in [0.15, 0.2) is 33.9 Å². The van der Waals surface area contributed by atoms with Crippen molar-refractivity contribution in [2.75, 3.05) is 5.32 Å². The molecule has 3 aromatic rings. The predicted octanol–water partition coefficient (Wildman–Crippen LogP) is 2.65. The van der Waals surface area contributed by atoms with Gasteiger partial charge in [-0.1, -0.05) is 0 Å². The van der Waals surface area contributed by atoms with Crippen molar-refractivity contribution >= 4 is 43.5 Å². The zero-order valence-corrected chi connectivity index (χ0v) is 15.3. The van der Waals surface area contributed by atoms with Gasteiger partial charge in [-0.2, -0.15) is 15.3 Å². The van der Waals surface area contributed by atoms with E-state index in [4.69, 9.17) is 0 Å². The van der Waals surface area contributed by atoms with Crippen molar-refractivity contribution in [2.45, 2.75) is 20.0 Å². The summed E-state index contributed by atoms with van der Waals surface area (Å²) < 4.78 is 4.79. The topological polar surface area (TPSA) is 93.4 Å². The fourth-order valence-electron chi connectivity index (χ4n) is 2.01. The Balaban J connectivity index is 1.67. The van der Waals surface area contributed by atoms with Gasteiger partial charge in [-0.05, 0) is 38.8 Å². The van der Waals surface area contributed by atoms with Crippen molar-refractivity contribution < 1.29 is 4.79 Å². The first-order valence-electron chi connectivity index (χ1n) is 6.81. The third-order valence-corrected chi connectivity index (χ3v) is 5.01. The molecule has 0 bridgehead atoms. The summed E-state index contributed by atoms with van der Waals surface area (Å²) in [5.41, 5.74) is 1.92. The average Bonchev–Trinajstić information content (AvgIpc) is 3.23. The molecule has 0 fully saturated rings. The predicted molar refractivity (Wildman–Crippen MR) is 91.2 cm³/mol. The minimum absolute atomic E-state index is 0.272. The summed E-state index contributed by atoms with van der Waals surface area (Å²) in [5.74, 6) is -0.322. The molecule has 0 unspecified atom stereocenters. The molecular weight excluding hydrogens is 430 g/mol. The average molecular weight is 443 g/mol. The second-order valence-electron chi connectivity index (χ2n) is 4.79. The van der Waals surface area contributed by atoms with Gasteiger partial charge in [0.2, 0.25) is 0 Å². The maximum atomic E-state index is 12.2. The van der Waals surface area contributed by atoms with Crippen LogP contribution in [0.25, 0.3) is 0 Å². The molecule has 0 atom stereocenters. The van der Waals surface area contributed by atoms with Crippen molar-refractivity contribution in [2.24, 2.45) is 0 Å². The van der Waals surface area contributed by atoms with Gasteiger partial charge < -0.3 is 5.32 Å². The quantitative estimate of drug-likeness (QED) is 0.635. The smallest absolute Gasteiger partial charge is 0.277 e. The molecule has 0 saturated heterocycles. The van der Waals surface area contributed by atoms with E-state index in [9.17, 15) is 4.79 Å².